The molecule has 0 aromatic rings. The van der Waals surface area contributed by atoms with E-state index in [9.17, 15) is 4.79 Å². The van der Waals surface area contributed by atoms with Crippen LogP contribution in [0, 0.1) is 11.3 Å². The lowest BCUT2D eigenvalue weighted by molar-refractivity contribution is -0.131. The average molecular weight is 238 g/mol. The summed E-state index contributed by atoms with van der Waals surface area (Å²) in [5, 5.41) is 3.51. The van der Waals surface area contributed by atoms with Gasteiger partial charge < -0.3 is 4.90 Å². The van der Waals surface area contributed by atoms with Gasteiger partial charge in [-0.1, -0.05) is 34.6 Å². The Morgan fingerprint density at radius 1 is 1.47 bits per heavy atom. The molecular weight excluding hydrogens is 212 g/mol. The monoisotopic (exact) mass is 238 g/mol. The molecule has 1 saturated heterocycles. The number of nitrogens with one attached hydrogen (secondary N) is 1. The SMILES string of the molecule is CCC1NC(CC(C)C)C(=O)N1C1CC1(C)C. The summed E-state index contributed by atoms with van der Waals surface area (Å²) in [5.74, 6) is 0.905. The van der Waals surface area contributed by atoms with E-state index in [1.54, 1.807) is 0 Å². The number of carbonyl (C=O) groups excluding carboxylic acids is 1. The maximum absolute atomic E-state index is 12.4. The molecule has 2 aliphatic rings. The molecule has 3 unspecified atom stereocenters. The summed E-state index contributed by atoms with van der Waals surface area (Å²) in [4.78, 5) is 14.6. The van der Waals surface area contributed by atoms with E-state index in [0.29, 0.717) is 23.3 Å². The summed E-state index contributed by atoms with van der Waals surface area (Å²) >= 11 is 0. The van der Waals surface area contributed by atoms with Crippen molar-refractivity contribution in [3.63, 3.8) is 0 Å². The third kappa shape index (κ3) is 2.35. The predicted octanol–water partition coefficient (Wildman–Crippen LogP) is 2.37. The van der Waals surface area contributed by atoms with E-state index < -0.39 is 0 Å². The van der Waals surface area contributed by atoms with Crippen LogP contribution in [0.5, 0.6) is 0 Å². The zero-order valence-corrected chi connectivity index (χ0v) is 11.8. The molecule has 1 aliphatic carbocycles. The van der Waals surface area contributed by atoms with Crippen LogP contribution in [0.15, 0.2) is 0 Å². The van der Waals surface area contributed by atoms with Crippen LogP contribution in [0.25, 0.3) is 0 Å². The lowest BCUT2D eigenvalue weighted by Crippen LogP contribution is -2.40. The van der Waals surface area contributed by atoms with E-state index in [2.05, 4.69) is 44.8 Å². The number of amides is 1. The van der Waals surface area contributed by atoms with Crippen LogP contribution < -0.4 is 5.32 Å². The van der Waals surface area contributed by atoms with Crippen LogP contribution in [0.2, 0.25) is 0 Å². The van der Waals surface area contributed by atoms with Gasteiger partial charge in [-0.3, -0.25) is 10.1 Å². The summed E-state index contributed by atoms with van der Waals surface area (Å²) in [6.07, 6.45) is 3.38. The number of hydrogen-bond donors (Lipinski definition) is 1. The Bertz CT molecular complexity index is 311. The summed E-state index contributed by atoms with van der Waals surface area (Å²) in [6.45, 7) is 11.0. The van der Waals surface area contributed by atoms with Crippen LogP contribution in [-0.4, -0.2) is 29.1 Å². The van der Waals surface area contributed by atoms with Gasteiger partial charge in [0.25, 0.3) is 0 Å². The molecule has 1 aliphatic heterocycles. The Hall–Kier alpha value is -0.570. The number of rotatable bonds is 4. The van der Waals surface area contributed by atoms with E-state index in [0.717, 1.165) is 19.3 Å². The van der Waals surface area contributed by atoms with Crippen LogP contribution in [-0.2, 0) is 4.79 Å². The van der Waals surface area contributed by atoms with Gasteiger partial charge in [0.15, 0.2) is 0 Å². The molecule has 3 heteroatoms. The molecule has 1 amide bonds. The Balaban J connectivity index is 2.07. The molecule has 2 rings (SSSR count). The Morgan fingerprint density at radius 2 is 2.06 bits per heavy atom. The molecule has 0 radical (unpaired) electrons. The zero-order chi connectivity index (χ0) is 12.8. The first-order chi connectivity index (χ1) is 7.86. The molecule has 0 aromatic heterocycles. The van der Waals surface area contributed by atoms with Gasteiger partial charge in [0.05, 0.1) is 12.2 Å². The molecule has 0 spiro atoms. The maximum atomic E-state index is 12.4. The Morgan fingerprint density at radius 3 is 2.47 bits per heavy atom. The Labute approximate surface area is 105 Å². The highest BCUT2D eigenvalue weighted by Crippen LogP contribution is 2.50. The first kappa shape index (κ1) is 12.9. The average Bonchev–Trinajstić information content (AvgIpc) is 2.71. The molecule has 1 heterocycles. The fraction of sp³-hybridized carbons (Fsp3) is 0.929. The molecule has 3 atom stereocenters. The number of hydrogen-bond acceptors (Lipinski definition) is 2. The summed E-state index contributed by atoms with van der Waals surface area (Å²) < 4.78 is 0. The largest absolute Gasteiger partial charge is 0.322 e. The number of nitrogens with zero attached hydrogens (tertiary/aromatic N) is 1. The smallest absolute Gasteiger partial charge is 0.241 e. The fourth-order valence-corrected chi connectivity index (χ4v) is 2.96. The van der Waals surface area contributed by atoms with Gasteiger partial charge >= 0.3 is 0 Å². The van der Waals surface area contributed by atoms with Crippen molar-refractivity contribution < 1.29 is 4.79 Å². The molecule has 17 heavy (non-hydrogen) atoms. The van der Waals surface area contributed by atoms with Crippen molar-refractivity contribution in [3.05, 3.63) is 0 Å². The third-order valence-electron chi connectivity index (χ3n) is 4.17. The zero-order valence-electron chi connectivity index (χ0n) is 11.8. The molecule has 2 fully saturated rings. The lowest BCUT2D eigenvalue weighted by atomic mass is 10.0. The van der Waals surface area contributed by atoms with Gasteiger partial charge in [-0.25, -0.2) is 0 Å². The second kappa shape index (κ2) is 4.27. The number of carbonyl (C=O) groups is 1. The highest BCUT2D eigenvalue weighted by atomic mass is 16.2. The maximum Gasteiger partial charge on any atom is 0.241 e. The van der Waals surface area contributed by atoms with Crippen LogP contribution in [0.3, 0.4) is 0 Å². The van der Waals surface area contributed by atoms with Crippen molar-refractivity contribution in [2.75, 3.05) is 0 Å². The van der Waals surface area contributed by atoms with Crippen LogP contribution in [0.4, 0.5) is 0 Å². The van der Waals surface area contributed by atoms with E-state index in [1.807, 2.05) is 0 Å². The minimum Gasteiger partial charge on any atom is -0.322 e. The summed E-state index contributed by atoms with van der Waals surface area (Å²) in [5.41, 5.74) is 0.331. The van der Waals surface area contributed by atoms with Gasteiger partial charge in [-0.05, 0) is 30.6 Å². The van der Waals surface area contributed by atoms with Gasteiger partial charge in [0.1, 0.15) is 0 Å². The highest BCUT2D eigenvalue weighted by molar-refractivity contribution is 5.85. The van der Waals surface area contributed by atoms with Crippen LogP contribution in [0.1, 0.15) is 53.9 Å². The molecule has 1 saturated carbocycles. The molecule has 3 nitrogen and oxygen atoms in total. The molecule has 1 N–H and O–H groups in total. The highest BCUT2D eigenvalue weighted by Gasteiger charge is 2.55. The van der Waals surface area contributed by atoms with Crippen molar-refractivity contribution in [1.82, 2.24) is 10.2 Å². The van der Waals surface area contributed by atoms with Gasteiger partial charge in [-0.15, -0.1) is 0 Å². The third-order valence-corrected chi connectivity index (χ3v) is 4.17. The van der Waals surface area contributed by atoms with Crippen molar-refractivity contribution in [2.45, 2.75) is 72.1 Å². The van der Waals surface area contributed by atoms with Gasteiger partial charge in [0, 0.05) is 6.04 Å². The van der Waals surface area contributed by atoms with Crippen molar-refractivity contribution in [1.29, 1.82) is 0 Å². The summed E-state index contributed by atoms with van der Waals surface area (Å²) in [7, 11) is 0. The van der Waals surface area contributed by atoms with E-state index >= 15 is 0 Å². The van der Waals surface area contributed by atoms with Crippen molar-refractivity contribution >= 4 is 5.91 Å². The first-order valence-electron chi connectivity index (χ1n) is 6.95. The normalized spacial score (nSPS) is 35.8. The molecular formula is C14H26N2O. The van der Waals surface area contributed by atoms with E-state index in [1.165, 1.54) is 0 Å². The summed E-state index contributed by atoms with van der Waals surface area (Å²) in [6, 6.07) is 0.515. The van der Waals surface area contributed by atoms with Crippen molar-refractivity contribution in [2.24, 2.45) is 11.3 Å². The molecule has 0 aromatic carbocycles. The molecule has 98 valence electrons. The standard InChI is InChI=1S/C14H26N2O/c1-6-12-15-10(7-9(2)3)13(17)16(12)11-8-14(11,4)5/h9-12,15H,6-8H2,1-5H3. The van der Waals surface area contributed by atoms with E-state index in [4.69, 9.17) is 0 Å². The van der Waals surface area contributed by atoms with Crippen molar-refractivity contribution in [3.8, 4) is 0 Å². The van der Waals surface area contributed by atoms with Gasteiger partial charge in [-0.2, -0.15) is 0 Å². The molecule has 0 bridgehead atoms. The van der Waals surface area contributed by atoms with Crippen LogP contribution >= 0.6 is 0 Å². The quantitative estimate of drug-likeness (QED) is 0.815. The minimum absolute atomic E-state index is 0.0522. The Kier molecular flexibility index (Phi) is 3.23. The first-order valence-corrected chi connectivity index (χ1v) is 6.95. The predicted molar refractivity (Wildman–Crippen MR) is 69.5 cm³/mol. The second-order valence-corrected chi connectivity index (χ2v) is 6.73. The van der Waals surface area contributed by atoms with Gasteiger partial charge in [0.2, 0.25) is 5.91 Å². The second-order valence-electron chi connectivity index (χ2n) is 6.73. The minimum atomic E-state index is 0.0522. The lowest BCUT2D eigenvalue weighted by Gasteiger charge is -2.24. The fourth-order valence-electron chi connectivity index (χ4n) is 2.96. The van der Waals surface area contributed by atoms with E-state index in [-0.39, 0.29) is 12.2 Å². The topological polar surface area (TPSA) is 32.3 Å².